The van der Waals surface area contributed by atoms with Crippen LogP contribution in [0, 0.1) is 0 Å². The minimum absolute atomic E-state index is 0.0135. The fourth-order valence-corrected chi connectivity index (χ4v) is 3.80. The predicted molar refractivity (Wildman–Crippen MR) is 99.8 cm³/mol. The third kappa shape index (κ3) is 3.43. The Morgan fingerprint density at radius 3 is 2.63 bits per heavy atom. The lowest BCUT2D eigenvalue weighted by molar-refractivity contribution is -0.125. The highest BCUT2D eigenvalue weighted by Crippen LogP contribution is 2.33. The van der Waals surface area contributed by atoms with E-state index in [2.05, 4.69) is 17.4 Å². The molecule has 0 unspecified atom stereocenters. The summed E-state index contributed by atoms with van der Waals surface area (Å²) in [6, 6.07) is 17.0. The Bertz CT molecular complexity index is 865. The van der Waals surface area contributed by atoms with Crippen LogP contribution in [0.3, 0.4) is 0 Å². The van der Waals surface area contributed by atoms with Crippen LogP contribution in [-0.4, -0.2) is 40.7 Å². The molecule has 2 saturated heterocycles. The Kier molecular flexibility index (Phi) is 4.62. The maximum atomic E-state index is 13.1. The molecule has 2 fully saturated rings. The minimum Gasteiger partial charge on any atom is -0.332 e. The second-order valence-corrected chi connectivity index (χ2v) is 6.91. The van der Waals surface area contributed by atoms with Gasteiger partial charge in [-0.3, -0.25) is 14.5 Å². The van der Waals surface area contributed by atoms with Crippen LogP contribution in [-0.2, 0) is 11.3 Å². The Hall–Kier alpha value is -3.15. The molecule has 6 nitrogen and oxygen atoms in total. The van der Waals surface area contributed by atoms with Gasteiger partial charge in [0.25, 0.3) is 5.91 Å². The number of hydrogen-bond acceptors (Lipinski definition) is 3. The van der Waals surface area contributed by atoms with Crippen LogP contribution in [0.1, 0.15) is 40.4 Å². The molecule has 2 aromatic rings. The minimum atomic E-state index is -0.389. The van der Waals surface area contributed by atoms with E-state index in [1.54, 1.807) is 18.2 Å². The number of amides is 4. The Labute approximate surface area is 157 Å². The van der Waals surface area contributed by atoms with E-state index < -0.39 is 0 Å². The molecule has 2 aliphatic heterocycles. The van der Waals surface area contributed by atoms with Gasteiger partial charge in [0.1, 0.15) is 0 Å². The van der Waals surface area contributed by atoms with Crippen LogP contribution in [0.4, 0.5) is 4.79 Å². The summed E-state index contributed by atoms with van der Waals surface area (Å²) in [7, 11) is 0. The highest BCUT2D eigenvalue weighted by Gasteiger charge is 2.31. The molecule has 2 aliphatic rings. The van der Waals surface area contributed by atoms with Crippen molar-refractivity contribution in [3.63, 3.8) is 0 Å². The van der Waals surface area contributed by atoms with E-state index in [9.17, 15) is 14.4 Å². The van der Waals surface area contributed by atoms with E-state index in [4.69, 9.17) is 0 Å². The van der Waals surface area contributed by atoms with E-state index in [-0.39, 0.29) is 37.0 Å². The molecule has 0 bridgehead atoms. The number of hydrogen-bond donors (Lipinski definition) is 1. The van der Waals surface area contributed by atoms with Crippen molar-refractivity contribution in [2.24, 2.45) is 0 Å². The molecule has 2 heterocycles. The molecule has 0 saturated carbocycles. The maximum absolute atomic E-state index is 13.1. The SMILES string of the molecule is O=C1CNC(=O)N1Cc1cccc(C(=O)N2CCC[C@@H]2c2ccccc2)c1. The molecule has 1 N–H and O–H groups in total. The number of carbonyl (C=O) groups excluding carboxylic acids is 3. The lowest BCUT2D eigenvalue weighted by Crippen LogP contribution is -2.31. The maximum Gasteiger partial charge on any atom is 0.324 e. The van der Waals surface area contributed by atoms with Gasteiger partial charge >= 0.3 is 6.03 Å². The third-order valence-electron chi connectivity index (χ3n) is 5.15. The van der Waals surface area contributed by atoms with E-state index in [0.717, 1.165) is 30.5 Å². The van der Waals surface area contributed by atoms with Crippen LogP contribution in [0.25, 0.3) is 0 Å². The summed E-state index contributed by atoms with van der Waals surface area (Å²) >= 11 is 0. The molecule has 0 aromatic heterocycles. The van der Waals surface area contributed by atoms with Crippen LogP contribution < -0.4 is 5.32 Å². The largest absolute Gasteiger partial charge is 0.332 e. The summed E-state index contributed by atoms with van der Waals surface area (Å²) in [4.78, 5) is 39.7. The third-order valence-corrected chi connectivity index (χ3v) is 5.15. The summed E-state index contributed by atoms with van der Waals surface area (Å²) < 4.78 is 0. The summed E-state index contributed by atoms with van der Waals surface area (Å²) in [5.41, 5.74) is 2.50. The predicted octanol–water partition coefficient (Wildman–Crippen LogP) is 2.72. The zero-order valence-electron chi connectivity index (χ0n) is 14.9. The van der Waals surface area contributed by atoms with Crippen LogP contribution in [0.15, 0.2) is 54.6 Å². The van der Waals surface area contributed by atoms with Crippen molar-refractivity contribution >= 4 is 17.8 Å². The topological polar surface area (TPSA) is 69.7 Å². The molecule has 0 spiro atoms. The number of nitrogens with zero attached hydrogens (tertiary/aromatic N) is 2. The van der Waals surface area contributed by atoms with Crippen molar-refractivity contribution in [3.05, 3.63) is 71.3 Å². The molecule has 0 radical (unpaired) electrons. The van der Waals surface area contributed by atoms with Crippen molar-refractivity contribution in [3.8, 4) is 0 Å². The lowest BCUT2D eigenvalue weighted by atomic mass is 10.0. The smallest absolute Gasteiger partial charge is 0.324 e. The summed E-state index contributed by atoms with van der Waals surface area (Å²) in [5.74, 6) is -0.263. The van der Waals surface area contributed by atoms with Crippen LogP contribution >= 0.6 is 0 Å². The highest BCUT2D eigenvalue weighted by atomic mass is 16.2. The van der Waals surface area contributed by atoms with Crippen molar-refractivity contribution in [2.75, 3.05) is 13.1 Å². The van der Waals surface area contributed by atoms with E-state index in [0.29, 0.717) is 5.56 Å². The van der Waals surface area contributed by atoms with Crippen molar-refractivity contribution in [2.45, 2.75) is 25.4 Å². The molecule has 2 aromatic carbocycles. The first-order valence-electron chi connectivity index (χ1n) is 9.16. The fraction of sp³-hybridized carbons (Fsp3) is 0.286. The molecule has 0 aliphatic carbocycles. The van der Waals surface area contributed by atoms with Crippen LogP contribution in [0.2, 0.25) is 0 Å². The van der Waals surface area contributed by atoms with Crippen molar-refractivity contribution in [1.82, 2.24) is 15.1 Å². The Morgan fingerprint density at radius 1 is 1.07 bits per heavy atom. The highest BCUT2D eigenvalue weighted by molar-refractivity contribution is 6.02. The van der Waals surface area contributed by atoms with Gasteiger partial charge in [-0.05, 0) is 36.1 Å². The first kappa shape index (κ1) is 17.3. The monoisotopic (exact) mass is 363 g/mol. The van der Waals surface area contributed by atoms with E-state index in [1.807, 2.05) is 29.2 Å². The number of imide groups is 1. The molecule has 1 atom stereocenters. The van der Waals surface area contributed by atoms with E-state index in [1.165, 1.54) is 4.90 Å². The Balaban J connectivity index is 1.54. The number of nitrogens with one attached hydrogen (secondary N) is 1. The van der Waals surface area contributed by atoms with Gasteiger partial charge in [0, 0.05) is 12.1 Å². The summed E-state index contributed by atoms with van der Waals surface area (Å²) in [6.07, 6.45) is 1.94. The van der Waals surface area contributed by atoms with Gasteiger partial charge in [-0.2, -0.15) is 0 Å². The van der Waals surface area contributed by atoms with Crippen molar-refractivity contribution in [1.29, 1.82) is 0 Å². The normalized spacial score (nSPS) is 19.5. The number of carbonyl (C=O) groups is 3. The van der Waals surface area contributed by atoms with Gasteiger partial charge in [-0.15, -0.1) is 0 Å². The number of urea groups is 1. The average molecular weight is 363 g/mol. The quantitative estimate of drug-likeness (QED) is 0.849. The van der Waals surface area contributed by atoms with Gasteiger partial charge in [-0.25, -0.2) is 4.79 Å². The summed E-state index contributed by atoms with van der Waals surface area (Å²) in [6.45, 7) is 0.938. The van der Waals surface area contributed by atoms with Gasteiger partial charge in [-0.1, -0.05) is 42.5 Å². The molecular weight excluding hydrogens is 342 g/mol. The van der Waals surface area contributed by atoms with Crippen LogP contribution in [0.5, 0.6) is 0 Å². The molecule has 4 rings (SSSR count). The second-order valence-electron chi connectivity index (χ2n) is 6.91. The molecule has 4 amide bonds. The molecule has 27 heavy (non-hydrogen) atoms. The lowest BCUT2D eigenvalue weighted by Gasteiger charge is -2.25. The van der Waals surface area contributed by atoms with Crippen molar-refractivity contribution < 1.29 is 14.4 Å². The average Bonchev–Trinajstić information content (AvgIpc) is 3.31. The summed E-state index contributed by atoms with van der Waals surface area (Å²) in [5, 5.41) is 2.51. The number of benzene rings is 2. The molecular formula is C21H21N3O3. The first-order chi connectivity index (χ1) is 13.1. The van der Waals surface area contributed by atoms with Gasteiger partial charge < -0.3 is 10.2 Å². The standard InChI is InChI=1S/C21H21N3O3/c25-19-13-22-21(27)24(19)14-15-6-4-9-17(12-15)20(26)23-11-5-10-18(23)16-7-2-1-3-8-16/h1-4,6-9,12,18H,5,10-11,13-14H2,(H,22,27)/t18-/m1/s1. The molecule has 138 valence electrons. The van der Waals surface area contributed by atoms with Gasteiger partial charge in [0.05, 0.1) is 19.1 Å². The zero-order chi connectivity index (χ0) is 18.8. The van der Waals surface area contributed by atoms with Gasteiger partial charge in [0.2, 0.25) is 5.91 Å². The Morgan fingerprint density at radius 2 is 1.89 bits per heavy atom. The second kappa shape index (κ2) is 7.23. The van der Waals surface area contributed by atoms with E-state index >= 15 is 0 Å². The molecule has 6 heteroatoms. The van der Waals surface area contributed by atoms with Gasteiger partial charge in [0.15, 0.2) is 0 Å². The zero-order valence-corrected chi connectivity index (χ0v) is 14.9. The first-order valence-corrected chi connectivity index (χ1v) is 9.16. The fourth-order valence-electron chi connectivity index (χ4n) is 3.80. The number of rotatable bonds is 4. The number of likely N-dealkylation sites (tertiary alicyclic amines) is 1.